The van der Waals surface area contributed by atoms with Gasteiger partial charge in [0.05, 0.1) is 11.6 Å². The van der Waals surface area contributed by atoms with E-state index in [1.54, 1.807) is 6.07 Å². The molecular formula is C29H25BrN2O3. The van der Waals surface area contributed by atoms with Crippen molar-refractivity contribution in [1.29, 1.82) is 0 Å². The lowest BCUT2D eigenvalue weighted by molar-refractivity contribution is -0.132. The summed E-state index contributed by atoms with van der Waals surface area (Å²) < 4.78 is 2.88. The zero-order valence-corrected chi connectivity index (χ0v) is 21.6. The molecule has 3 aromatic carbocycles. The van der Waals surface area contributed by atoms with Crippen LogP contribution in [0.5, 0.6) is 0 Å². The van der Waals surface area contributed by atoms with Crippen molar-refractivity contribution in [2.75, 3.05) is 4.90 Å². The first kappa shape index (κ1) is 23.1. The largest absolute Gasteiger partial charge is 0.507 e. The first-order valence-corrected chi connectivity index (χ1v) is 12.2. The molecule has 1 aromatic heterocycles. The van der Waals surface area contributed by atoms with Crippen LogP contribution in [0.25, 0.3) is 16.7 Å². The number of aryl methyl sites for hydroxylation is 4. The minimum Gasteiger partial charge on any atom is -0.507 e. The third-order valence-corrected chi connectivity index (χ3v) is 7.76. The fourth-order valence-electron chi connectivity index (χ4n) is 4.81. The van der Waals surface area contributed by atoms with Crippen LogP contribution in [-0.2, 0) is 16.6 Å². The van der Waals surface area contributed by atoms with Crippen LogP contribution in [0.4, 0.5) is 5.69 Å². The molecule has 1 saturated heterocycles. The lowest BCUT2D eigenvalue weighted by Crippen LogP contribution is -2.29. The summed E-state index contributed by atoms with van der Waals surface area (Å²) >= 11 is 3.48. The Morgan fingerprint density at radius 1 is 0.914 bits per heavy atom. The number of carbonyl (C=O) groups excluding carboxylic acids is 2. The second kappa shape index (κ2) is 8.54. The van der Waals surface area contributed by atoms with Gasteiger partial charge in [0.2, 0.25) is 0 Å². The number of aliphatic hydroxyl groups is 1. The molecule has 0 bridgehead atoms. The highest BCUT2D eigenvalue weighted by atomic mass is 79.9. The summed E-state index contributed by atoms with van der Waals surface area (Å²) in [4.78, 5) is 28.5. The third kappa shape index (κ3) is 3.69. The number of aromatic nitrogens is 1. The van der Waals surface area contributed by atoms with Gasteiger partial charge in [-0.2, -0.15) is 0 Å². The quantitative estimate of drug-likeness (QED) is 0.187. The maximum atomic E-state index is 13.5. The van der Waals surface area contributed by atoms with Gasteiger partial charge in [0.25, 0.3) is 11.7 Å². The number of Topliss-reactive ketones (excluding diaryl/α,β-unsaturated/α-hetero) is 1. The second-order valence-electron chi connectivity index (χ2n) is 9.11. The maximum Gasteiger partial charge on any atom is 0.300 e. The van der Waals surface area contributed by atoms with Gasteiger partial charge in [0, 0.05) is 45.4 Å². The number of para-hydroxylation sites is 1. The molecule has 1 aliphatic heterocycles. The van der Waals surface area contributed by atoms with Crippen LogP contribution in [0, 0.1) is 20.8 Å². The van der Waals surface area contributed by atoms with Crippen LogP contribution in [0.1, 0.15) is 33.9 Å². The highest BCUT2D eigenvalue weighted by molar-refractivity contribution is 9.10. The molecule has 1 fully saturated rings. The summed E-state index contributed by atoms with van der Waals surface area (Å²) in [6.07, 6.45) is 1.94. The van der Waals surface area contributed by atoms with Crippen LogP contribution in [-0.4, -0.2) is 21.4 Å². The Morgan fingerprint density at radius 2 is 1.66 bits per heavy atom. The van der Waals surface area contributed by atoms with Crippen molar-refractivity contribution in [1.82, 2.24) is 4.57 Å². The molecule has 0 saturated carbocycles. The number of ketones is 1. The number of nitrogens with zero attached hydrogens (tertiary/aromatic N) is 2. The molecule has 0 radical (unpaired) electrons. The van der Waals surface area contributed by atoms with E-state index in [0.717, 1.165) is 37.6 Å². The third-order valence-electron chi connectivity index (χ3n) is 6.87. The number of amides is 1. The molecule has 1 N–H and O–H groups in total. The topological polar surface area (TPSA) is 62.5 Å². The van der Waals surface area contributed by atoms with Crippen LogP contribution < -0.4 is 4.90 Å². The van der Waals surface area contributed by atoms with Crippen LogP contribution >= 0.6 is 15.9 Å². The van der Waals surface area contributed by atoms with Crippen molar-refractivity contribution in [2.45, 2.75) is 26.8 Å². The standard InChI is InChI=1S/C29H25BrN2O3/c1-16-9-11-20(14-17(16)2)32-26(22-15-31(4)24-8-6-5-7-21(22)24)25(28(34)29(32)35)27(33)19-10-12-23(30)18(3)13-19/h5-15,26,33H,1-4H3/b27-25+. The number of hydrogen-bond donors (Lipinski definition) is 1. The van der Waals surface area contributed by atoms with E-state index in [1.807, 2.05) is 93.2 Å². The highest BCUT2D eigenvalue weighted by Crippen LogP contribution is 2.45. The molecule has 1 amide bonds. The maximum absolute atomic E-state index is 13.5. The van der Waals surface area contributed by atoms with E-state index in [-0.39, 0.29) is 11.3 Å². The van der Waals surface area contributed by atoms with Gasteiger partial charge in [-0.05, 0) is 67.8 Å². The van der Waals surface area contributed by atoms with Gasteiger partial charge in [-0.25, -0.2) is 0 Å². The zero-order chi connectivity index (χ0) is 25.0. The summed E-state index contributed by atoms with van der Waals surface area (Å²) in [5.41, 5.74) is 6.00. The molecule has 5 rings (SSSR count). The molecule has 1 atom stereocenters. The lowest BCUT2D eigenvalue weighted by Gasteiger charge is -2.25. The van der Waals surface area contributed by atoms with E-state index < -0.39 is 17.7 Å². The van der Waals surface area contributed by atoms with E-state index >= 15 is 0 Å². The molecule has 0 aliphatic carbocycles. The summed E-state index contributed by atoms with van der Waals surface area (Å²) in [6, 6.07) is 18.2. The minimum absolute atomic E-state index is 0.0892. The van der Waals surface area contributed by atoms with E-state index in [1.165, 1.54) is 4.90 Å². The molecule has 5 nitrogen and oxygen atoms in total. The highest BCUT2D eigenvalue weighted by Gasteiger charge is 2.48. The smallest absolute Gasteiger partial charge is 0.300 e. The molecular weight excluding hydrogens is 504 g/mol. The number of hydrogen-bond acceptors (Lipinski definition) is 3. The molecule has 0 spiro atoms. The first-order chi connectivity index (χ1) is 16.7. The average Bonchev–Trinajstić information content (AvgIpc) is 3.31. The average molecular weight is 529 g/mol. The predicted molar refractivity (Wildman–Crippen MR) is 142 cm³/mol. The van der Waals surface area contributed by atoms with Crippen LogP contribution in [0.15, 0.2) is 76.9 Å². The Labute approximate surface area is 212 Å². The van der Waals surface area contributed by atoms with Gasteiger partial charge in [-0.15, -0.1) is 0 Å². The summed E-state index contributed by atoms with van der Waals surface area (Å²) in [6.45, 7) is 5.90. The van der Waals surface area contributed by atoms with Gasteiger partial charge in [0.15, 0.2) is 0 Å². The van der Waals surface area contributed by atoms with Gasteiger partial charge >= 0.3 is 0 Å². The number of rotatable bonds is 3. The minimum atomic E-state index is -0.771. The Morgan fingerprint density at radius 3 is 2.37 bits per heavy atom. The summed E-state index contributed by atoms with van der Waals surface area (Å²) in [5.74, 6) is -1.52. The van der Waals surface area contributed by atoms with Gasteiger partial charge in [-0.3, -0.25) is 14.5 Å². The summed E-state index contributed by atoms with van der Waals surface area (Å²) in [7, 11) is 1.94. The second-order valence-corrected chi connectivity index (χ2v) is 9.97. The monoisotopic (exact) mass is 528 g/mol. The SMILES string of the molecule is Cc1ccc(N2C(=O)C(=O)/C(=C(/O)c3ccc(Br)c(C)c3)C2c2cn(C)c3ccccc23)cc1C. The molecule has 1 unspecified atom stereocenters. The first-order valence-electron chi connectivity index (χ1n) is 11.4. The van der Waals surface area contributed by atoms with Crippen molar-refractivity contribution < 1.29 is 14.7 Å². The van der Waals surface area contributed by atoms with Crippen molar-refractivity contribution in [3.8, 4) is 0 Å². The zero-order valence-electron chi connectivity index (χ0n) is 20.0. The van der Waals surface area contributed by atoms with E-state index in [2.05, 4.69) is 15.9 Å². The van der Waals surface area contributed by atoms with Crippen LogP contribution in [0.2, 0.25) is 0 Å². The van der Waals surface area contributed by atoms with Crippen molar-refractivity contribution >= 4 is 50.0 Å². The molecule has 176 valence electrons. The number of halogens is 1. The number of benzene rings is 3. The van der Waals surface area contributed by atoms with Crippen LogP contribution in [0.3, 0.4) is 0 Å². The van der Waals surface area contributed by atoms with Crippen molar-refractivity contribution in [3.05, 3.63) is 105 Å². The van der Waals surface area contributed by atoms with Gasteiger partial charge in [-0.1, -0.05) is 46.3 Å². The Bertz CT molecular complexity index is 1560. The number of carbonyl (C=O) groups is 2. The molecule has 4 aromatic rings. The number of anilines is 1. The van der Waals surface area contributed by atoms with Gasteiger partial charge < -0.3 is 9.67 Å². The predicted octanol–water partition coefficient (Wildman–Crippen LogP) is 6.49. The molecule has 6 heteroatoms. The molecule has 35 heavy (non-hydrogen) atoms. The fraction of sp³-hybridized carbons (Fsp3) is 0.172. The van der Waals surface area contributed by atoms with E-state index in [0.29, 0.717) is 11.3 Å². The Hall–Kier alpha value is -3.64. The lowest BCUT2D eigenvalue weighted by atomic mass is 9.94. The van der Waals surface area contributed by atoms with Crippen molar-refractivity contribution in [2.24, 2.45) is 7.05 Å². The van der Waals surface area contributed by atoms with Gasteiger partial charge in [0.1, 0.15) is 5.76 Å². The Balaban J connectivity index is 1.81. The normalized spacial score (nSPS) is 17.5. The molecule has 2 heterocycles. The van der Waals surface area contributed by atoms with E-state index in [9.17, 15) is 14.7 Å². The number of aliphatic hydroxyl groups excluding tert-OH is 1. The molecule has 1 aliphatic rings. The van der Waals surface area contributed by atoms with Crippen molar-refractivity contribution in [3.63, 3.8) is 0 Å². The number of fused-ring (bicyclic) bond motifs is 1. The Kier molecular flexibility index (Phi) is 5.64. The van der Waals surface area contributed by atoms with E-state index in [4.69, 9.17) is 0 Å². The fourth-order valence-corrected chi connectivity index (χ4v) is 5.05. The summed E-state index contributed by atoms with van der Waals surface area (Å²) in [5, 5.41) is 12.4.